The van der Waals surface area contributed by atoms with Crippen LogP contribution in [0.5, 0.6) is 11.5 Å². The second-order valence-corrected chi connectivity index (χ2v) is 6.13. The Morgan fingerprint density at radius 3 is 2.92 bits per heavy atom. The molecule has 0 bridgehead atoms. The molecule has 4 rings (SSSR count). The zero-order chi connectivity index (χ0) is 17.6. The second-order valence-electron chi connectivity index (χ2n) is 6.13. The van der Waals surface area contributed by atoms with Crippen LogP contribution in [0.2, 0.25) is 0 Å². The van der Waals surface area contributed by atoms with Crippen LogP contribution in [0.3, 0.4) is 0 Å². The van der Waals surface area contributed by atoms with Gasteiger partial charge < -0.3 is 14.8 Å². The van der Waals surface area contributed by atoms with E-state index in [-0.39, 0.29) is 12.7 Å². The van der Waals surface area contributed by atoms with E-state index in [1.807, 2.05) is 45.3 Å². The molecule has 1 aromatic carbocycles. The molecular formula is C17H19N5O3. The summed E-state index contributed by atoms with van der Waals surface area (Å²) in [7, 11) is 1.87. The minimum Gasteiger partial charge on any atom is -0.454 e. The quantitative estimate of drug-likeness (QED) is 0.781. The highest BCUT2D eigenvalue weighted by Crippen LogP contribution is 2.32. The van der Waals surface area contributed by atoms with Crippen molar-refractivity contribution in [1.29, 1.82) is 0 Å². The normalized spacial score (nSPS) is 14.0. The van der Waals surface area contributed by atoms with Gasteiger partial charge in [0.2, 0.25) is 12.7 Å². The number of carbonyl (C=O) groups excluding carboxylic acids is 1. The van der Waals surface area contributed by atoms with E-state index in [0.717, 1.165) is 28.0 Å². The Hall–Kier alpha value is -3.03. The number of fused-ring (bicyclic) bond motifs is 2. The molecule has 1 aliphatic heterocycles. The number of ether oxygens (including phenoxy) is 2. The molecule has 2 aromatic heterocycles. The molecule has 1 N–H and O–H groups in total. The number of hydrogen-bond acceptors (Lipinski definition) is 5. The number of rotatable bonds is 4. The van der Waals surface area contributed by atoms with E-state index >= 15 is 0 Å². The molecule has 130 valence electrons. The fraction of sp³-hybridized carbons (Fsp3) is 0.353. The highest BCUT2D eigenvalue weighted by atomic mass is 16.7. The van der Waals surface area contributed by atoms with Crippen molar-refractivity contribution >= 4 is 16.9 Å². The Morgan fingerprint density at radius 1 is 1.32 bits per heavy atom. The van der Waals surface area contributed by atoms with Gasteiger partial charge in [-0.25, -0.2) is 0 Å². The van der Waals surface area contributed by atoms with Crippen LogP contribution < -0.4 is 14.8 Å². The molecular weight excluding hydrogens is 322 g/mol. The van der Waals surface area contributed by atoms with Crippen molar-refractivity contribution in [1.82, 2.24) is 24.9 Å². The highest BCUT2D eigenvalue weighted by molar-refractivity contribution is 5.81. The average molecular weight is 341 g/mol. The maximum Gasteiger partial charge on any atom is 0.244 e. The highest BCUT2D eigenvalue weighted by Gasteiger charge is 2.19. The maximum absolute atomic E-state index is 12.5. The zero-order valence-corrected chi connectivity index (χ0v) is 14.3. The van der Waals surface area contributed by atoms with Gasteiger partial charge in [-0.15, -0.1) is 0 Å². The molecule has 0 saturated heterocycles. The van der Waals surface area contributed by atoms with Gasteiger partial charge in [0.1, 0.15) is 17.1 Å². The van der Waals surface area contributed by atoms with Crippen LogP contribution in [0.25, 0.3) is 11.0 Å². The van der Waals surface area contributed by atoms with Crippen molar-refractivity contribution in [2.45, 2.75) is 26.4 Å². The first-order valence-electron chi connectivity index (χ1n) is 8.07. The summed E-state index contributed by atoms with van der Waals surface area (Å²) in [5.74, 6) is 1.34. The zero-order valence-electron chi connectivity index (χ0n) is 14.3. The van der Waals surface area contributed by atoms with Crippen LogP contribution >= 0.6 is 0 Å². The third-order valence-corrected chi connectivity index (χ3v) is 4.38. The molecule has 0 spiro atoms. The van der Waals surface area contributed by atoms with Crippen molar-refractivity contribution in [2.75, 3.05) is 6.79 Å². The third kappa shape index (κ3) is 2.69. The lowest BCUT2D eigenvalue weighted by Gasteiger charge is -2.13. The van der Waals surface area contributed by atoms with Crippen LogP contribution in [0.4, 0.5) is 0 Å². The van der Waals surface area contributed by atoms with E-state index in [9.17, 15) is 4.79 Å². The average Bonchev–Trinajstić information content (AvgIpc) is 3.29. The molecule has 0 radical (unpaired) electrons. The molecule has 1 unspecified atom stereocenters. The number of nitrogens with zero attached hydrogens (tertiary/aromatic N) is 4. The maximum atomic E-state index is 12.5. The Balaban J connectivity index is 1.45. The number of carbonyl (C=O) groups is 1. The lowest BCUT2D eigenvalue weighted by molar-refractivity contribution is -0.124. The Bertz CT molecular complexity index is 924. The second kappa shape index (κ2) is 5.80. The summed E-state index contributed by atoms with van der Waals surface area (Å²) in [5.41, 5.74) is 3.53. The van der Waals surface area contributed by atoms with Crippen molar-refractivity contribution in [3.8, 4) is 11.5 Å². The van der Waals surface area contributed by atoms with Crippen molar-refractivity contribution in [3.63, 3.8) is 0 Å². The number of amides is 1. The summed E-state index contributed by atoms with van der Waals surface area (Å²) < 4.78 is 14.1. The first-order chi connectivity index (χ1) is 12.0. The molecule has 3 heterocycles. The Kier molecular flexibility index (Phi) is 3.60. The summed E-state index contributed by atoms with van der Waals surface area (Å²) in [6.07, 6.45) is 1.85. The van der Waals surface area contributed by atoms with Gasteiger partial charge >= 0.3 is 0 Å². The molecule has 8 nitrogen and oxygen atoms in total. The van der Waals surface area contributed by atoms with E-state index < -0.39 is 6.04 Å². The first-order valence-corrected chi connectivity index (χ1v) is 8.07. The van der Waals surface area contributed by atoms with Gasteiger partial charge in [0, 0.05) is 13.6 Å². The van der Waals surface area contributed by atoms with Crippen LogP contribution in [-0.4, -0.2) is 32.3 Å². The van der Waals surface area contributed by atoms with Gasteiger partial charge in [-0.05, 0) is 31.5 Å². The summed E-state index contributed by atoms with van der Waals surface area (Å²) >= 11 is 0. The molecule has 0 fully saturated rings. The fourth-order valence-electron chi connectivity index (χ4n) is 2.91. The molecule has 8 heteroatoms. The topological polar surface area (TPSA) is 83.2 Å². The molecule has 1 aliphatic rings. The van der Waals surface area contributed by atoms with E-state index in [1.54, 1.807) is 9.36 Å². The monoisotopic (exact) mass is 341 g/mol. The largest absolute Gasteiger partial charge is 0.454 e. The van der Waals surface area contributed by atoms with Gasteiger partial charge in [-0.2, -0.15) is 10.2 Å². The van der Waals surface area contributed by atoms with Crippen LogP contribution in [0, 0.1) is 6.92 Å². The lowest BCUT2D eigenvalue weighted by Crippen LogP contribution is -2.30. The molecule has 1 amide bonds. The predicted octanol–water partition coefficient (Wildman–Crippen LogP) is 1.68. The van der Waals surface area contributed by atoms with Crippen LogP contribution in [0.1, 0.15) is 24.2 Å². The number of hydrogen-bond donors (Lipinski definition) is 1. The van der Waals surface area contributed by atoms with Gasteiger partial charge in [-0.1, -0.05) is 6.07 Å². The molecule has 25 heavy (non-hydrogen) atoms. The molecule has 0 aliphatic carbocycles. The number of nitrogens with one attached hydrogen (secondary N) is 1. The minimum atomic E-state index is -0.416. The molecule has 0 saturated carbocycles. The van der Waals surface area contributed by atoms with Gasteiger partial charge in [0.05, 0.1) is 11.9 Å². The number of aryl methyl sites for hydroxylation is 2. The van der Waals surface area contributed by atoms with Gasteiger partial charge in [0.25, 0.3) is 0 Å². The van der Waals surface area contributed by atoms with Crippen LogP contribution in [0.15, 0.2) is 24.4 Å². The summed E-state index contributed by atoms with van der Waals surface area (Å²) in [6.45, 7) is 4.39. The lowest BCUT2D eigenvalue weighted by atomic mass is 10.2. The molecule has 3 aromatic rings. The number of aromatic nitrogens is 4. The third-order valence-electron chi connectivity index (χ3n) is 4.38. The van der Waals surface area contributed by atoms with Crippen molar-refractivity contribution < 1.29 is 14.3 Å². The fourth-order valence-corrected chi connectivity index (χ4v) is 2.91. The summed E-state index contributed by atoms with van der Waals surface area (Å²) in [4.78, 5) is 12.5. The SMILES string of the molecule is Cc1nn(C)c2cn(C(C)C(=O)NCc3ccc4c(c3)OCO4)nc12. The smallest absolute Gasteiger partial charge is 0.244 e. The summed E-state index contributed by atoms with van der Waals surface area (Å²) in [5, 5.41) is 11.7. The first kappa shape index (κ1) is 15.5. The predicted molar refractivity (Wildman–Crippen MR) is 90.4 cm³/mol. The Labute approximate surface area is 144 Å². The van der Waals surface area contributed by atoms with Gasteiger partial charge in [0.15, 0.2) is 11.5 Å². The van der Waals surface area contributed by atoms with Crippen molar-refractivity contribution in [2.24, 2.45) is 7.05 Å². The standard InChI is InChI=1S/C17H19N5O3/c1-10-16-13(21(3)19-10)8-22(20-16)11(2)17(23)18-7-12-4-5-14-15(6-12)25-9-24-14/h4-6,8,11H,7,9H2,1-3H3,(H,18,23). The van der Waals surface area contributed by atoms with E-state index in [0.29, 0.717) is 12.3 Å². The van der Waals surface area contributed by atoms with E-state index in [4.69, 9.17) is 9.47 Å². The van der Waals surface area contributed by atoms with E-state index in [1.165, 1.54) is 0 Å². The molecule has 1 atom stereocenters. The number of benzene rings is 1. The minimum absolute atomic E-state index is 0.101. The van der Waals surface area contributed by atoms with E-state index in [2.05, 4.69) is 15.5 Å². The van der Waals surface area contributed by atoms with Crippen LogP contribution in [-0.2, 0) is 18.4 Å². The van der Waals surface area contributed by atoms with Crippen molar-refractivity contribution in [3.05, 3.63) is 35.7 Å². The van der Waals surface area contributed by atoms with Gasteiger partial charge in [-0.3, -0.25) is 14.2 Å². The Morgan fingerprint density at radius 2 is 2.12 bits per heavy atom. The summed E-state index contributed by atoms with van der Waals surface area (Å²) in [6, 6.07) is 5.23.